The summed E-state index contributed by atoms with van der Waals surface area (Å²) in [6.45, 7) is 7.18. The van der Waals surface area contributed by atoms with E-state index in [0.717, 1.165) is 36.1 Å². The van der Waals surface area contributed by atoms with Crippen molar-refractivity contribution in [3.05, 3.63) is 80.5 Å². The molecule has 4 aromatic rings. The van der Waals surface area contributed by atoms with Gasteiger partial charge in [0.05, 0.1) is 28.3 Å². The molecule has 3 heterocycles. The maximum Gasteiger partial charge on any atom is 0.260 e. The van der Waals surface area contributed by atoms with Gasteiger partial charge in [-0.1, -0.05) is 47.3 Å². The second-order valence-electron chi connectivity index (χ2n) is 10.1. The van der Waals surface area contributed by atoms with Crippen molar-refractivity contribution in [1.82, 2.24) is 20.3 Å². The average molecular weight is 546 g/mol. The van der Waals surface area contributed by atoms with E-state index in [4.69, 9.17) is 16.3 Å². The van der Waals surface area contributed by atoms with Gasteiger partial charge in [0.1, 0.15) is 17.4 Å². The zero-order chi connectivity index (χ0) is 27.5. The van der Waals surface area contributed by atoms with E-state index < -0.39 is 5.91 Å². The number of ether oxygens (including phenoxy) is 1. The Hall–Kier alpha value is -3.75. The first kappa shape index (κ1) is 26.8. The third-order valence-corrected chi connectivity index (χ3v) is 7.26. The normalized spacial score (nSPS) is 15.3. The molecule has 2 aromatic carbocycles. The quantitative estimate of drug-likeness (QED) is 0.274. The number of benzene rings is 2. The van der Waals surface area contributed by atoms with Gasteiger partial charge in [0.2, 0.25) is 0 Å². The van der Waals surface area contributed by atoms with E-state index in [1.165, 1.54) is 12.8 Å². The van der Waals surface area contributed by atoms with Gasteiger partial charge in [0.25, 0.3) is 11.5 Å². The monoisotopic (exact) mass is 545 g/mol. The van der Waals surface area contributed by atoms with Crippen LogP contribution in [0.4, 0.5) is 5.82 Å². The summed E-state index contributed by atoms with van der Waals surface area (Å²) in [7, 11) is 0. The molecule has 3 N–H and O–H groups in total. The van der Waals surface area contributed by atoms with Crippen LogP contribution in [0.2, 0.25) is 5.02 Å². The Kier molecular flexibility index (Phi) is 7.95. The fourth-order valence-corrected chi connectivity index (χ4v) is 5.42. The fraction of sp³-hybridized carbons (Fsp3) is 0.333. The van der Waals surface area contributed by atoms with E-state index in [-0.39, 0.29) is 16.1 Å². The molecular weight excluding hydrogens is 514 g/mol. The number of carbonyl (C=O) groups is 1. The second-order valence-corrected chi connectivity index (χ2v) is 10.5. The summed E-state index contributed by atoms with van der Waals surface area (Å²) in [6, 6.07) is 11.3. The maximum atomic E-state index is 13.5. The summed E-state index contributed by atoms with van der Waals surface area (Å²) in [4.78, 5) is 38.0. The molecule has 39 heavy (non-hydrogen) atoms. The Morgan fingerprint density at radius 2 is 1.92 bits per heavy atom. The van der Waals surface area contributed by atoms with E-state index in [1.807, 2.05) is 26.0 Å². The van der Waals surface area contributed by atoms with Crippen LogP contribution in [0.3, 0.4) is 0 Å². The lowest BCUT2D eigenvalue weighted by Crippen LogP contribution is -2.35. The number of aromatic amines is 1. The number of nitrogens with zero attached hydrogens (tertiary/aromatic N) is 2. The molecule has 1 unspecified atom stereocenters. The first-order chi connectivity index (χ1) is 18.8. The van der Waals surface area contributed by atoms with Crippen LogP contribution in [0.5, 0.6) is 5.75 Å². The number of amides is 1. The lowest BCUT2D eigenvalue weighted by molar-refractivity contribution is 0.102. The number of aromatic nitrogens is 3. The molecule has 1 amide bonds. The third-order valence-electron chi connectivity index (χ3n) is 6.95. The Morgan fingerprint density at radius 3 is 2.64 bits per heavy atom. The number of piperidine rings is 1. The number of aryl methyl sites for hydroxylation is 3. The highest BCUT2D eigenvalue weighted by Gasteiger charge is 2.21. The van der Waals surface area contributed by atoms with Gasteiger partial charge in [0.15, 0.2) is 0 Å². The number of hydrogen-bond donors (Lipinski definition) is 3. The number of pyridine rings is 1. The number of halogens is 1. The molecule has 1 fully saturated rings. The predicted octanol–water partition coefficient (Wildman–Crippen LogP) is 5.73. The van der Waals surface area contributed by atoms with Crippen LogP contribution in [0.15, 0.2) is 47.4 Å². The number of carbonyl (C=O) groups excluding carboxylic acids is 1. The zero-order valence-corrected chi connectivity index (χ0v) is 23.1. The lowest BCUT2D eigenvalue weighted by Gasteiger charge is -2.24. The summed E-state index contributed by atoms with van der Waals surface area (Å²) < 4.78 is 6.42. The topological polar surface area (TPSA) is 109 Å². The summed E-state index contributed by atoms with van der Waals surface area (Å²) in [5, 5.41) is 7.14. The Labute approximate surface area is 232 Å². The molecule has 5 rings (SSSR count). The molecular formula is C30H32ClN5O3. The largest absolute Gasteiger partial charge is 0.492 e. The van der Waals surface area contributed by atoms with Crippen LogP contribution in [0, 0.1) is 20.8 Å². The fourth-order valence-electron chi connectivity index (χ4n) is 5.18. The van der Waals surface area contributed by atoms with E-state index in [0.29, 0.717) is 46.5 Å². The molecule has 1 atom stereocenters. The maximum absolute atomic E-state index is 13.5. The molecule has 0 saturated carbocycles. The van der Waals surface area contributed by atoms with Gasteiger partial charge in [0, 0.05) is 17.6 Å². The number of fused-ring (bicyclic) bond motifs is 1. The summed E-state index contributed by atoms with van der Waals surface area (Å²) in [5.41, 5.74) is 3.75. The van der Waals surface area contributed by atoms with E-state index in [1.54, 1.807) is 31.3 Å². The van der Waals surface area contributed by atoms with E-state index in [9.17, 15) is 9.59 Å². The van der Waals surface area contributed by atoms with Gasteiger partial charge in [-0.05, 0) is 70.3 Å². The van der Waals surface area contributed by atoms with Gasteiger partial charge < -0.3 is 20.4 Å². The van der Waals surface area contributed by atoms with Crippen LogP contribution in [-0.4, -0.2) is 40.1 Å². The molecule has 8 nitrogen and oxygen atoms in total. The summed E-state index contributed by atoms with van der Waals surface area (Å²) in [5.74, 6) is 0.934. The highest BCUT2D eigenvalue weighted by Crippen LogP contribution is 2.37. The smallest absolute Gasteiger partial charge is 0.260 e. The first-order valence-electron chi connectivity index (χ1n) is 13.2. The molecule has 2 aromatic heterocycles. The lowest BCUT2D eigenvalue weighted by atomic mass is 9.98. The Balaban J connectivity index is 1.59. The molecule has 1 saturated heterocycles. The number of anilines is 1. The molecule has 9 heteroatoms. The highest BCUT2D eigenvalue weighted by molar-refractivity contribution is 6.35. The average Bonchev–Trinajstić information content (AvgIpc) is 2.88. The first-order valence-corrected chi connectivity index (χ1v) is 13.6. The van der Waals surface area contributed by atoms with Gasteiger partial charge >= 0.3 is 0 Å². The second kappa shape index (κ2) is 11.6. The van der Waals surface area contributed by atoms with Gasteiger partial charge in [-0.2, -0.15) is 0 Å². The van der Waals surface area contributed by atoms with Crippen molar-refractivity contribution in [2.75, 3.05) is 18.5 Å². The molecule has 202 valence electrons. The predicted molar refractivity (Wildman–Crippen MR) is 155 cm³/mol. The van der Waals surface area contributed by atoms with Gasteiger partial charge in [-0.3, -0.25) is 9.59 Å². The van der Waals surface area contributed by atoms with Gasteiger partial charge in [-0.15, -0.1) is 0 Å². The van der Waals surface area contributed by atoms with Crippen molar-refractivity contribution < 1.29 is 9.53 Å². The summed E-state index contributed by atoms with van der Waals surface area (Å²) in [6.07, 6.45) is 5.88. The molecule has 0 aliphatic carbocycles. The molecule has 0 bridgehead atoms. The molecule has 0 spiro atoms. The number of H-pyrrole nitrogens is 1. The van der Waals surface area contributed by atoms with Crippen molar-refractivity contribution in [2.45, 2.75) is 52.5 Å². The zero-order valence-electron chi connectivity index (χ0n) is 22.4. The Bertz CT molecular complexity index is 1570. The minimum Gasteiger partial charge on any atom is -0.492 e. The minimum atomic E-state index is -0.420. The van der Waals surface area contributed by atoms with Crippen LogP contribution in [0.25, 0.3) is 22.0 Å². The molecule has 0 radical (unpaired) electrons. The highest BCUT2D eigenvalue weighted by atomic mass is 35.5. The third kappa shape index (κ3) is 6.13. The Morgan fingerprint density at radius 1 is 1.13 bits per heavy atom. The minimum absolute atomic E-state index is 0.206. The van der Waals surface area contributed by atoms with Gasteiger partial charge in [-0.25, -0.2) is 9.97 Å². The summed E-state index contributed by atoms with van der Waals surface area (Å²) >= 11 is 6.54. The number of nitrogens with one attached hydrogen (secondary N) is 3. The van der Waals surface area contributed by atoms with Crippen LogP contribution >= 0.6 is 11.6 Å². The molecule has 1 aliphatic heterocycles. The molecule has 1 aliphatic rings. The van der Waals surface area contributed by atoms with Crippen molar-refractivity contribution in [2.24, 2.45) is 0 Å². The number of hydrogen-bond acceptors (Lipinski definition) is 6. The van der Waals surface area contributed by atoms with Crippen LogP contribution in [-0.2, 0) is 0 Å². The van der Waals surface area contributed by atoms with E-state index in [2.05, 4.69) is 31.7 Å². The SMILES string of the molecule is Cc1cc(C)cc(-c2c(OCCC3CCCCN3)c3cc(C(=O)Nc4ccnc(C)n4)c(Cl)cc3[nH]c2=O)c1. The standard InChI is InChI=1S/C30H32ClN5O3/c1-17-12-18(2)14-20(13-17)27-28(39-11-8-21-6-4-5-9-33-21)23-15-22(24(31)16-25(23)35-30(27)38)29(37)36-26-7-10-32-19(3)34-26/h7,10,12-16,21,33H,4-6,8-9,11H2,1-3H3,(H,35,38)(H,32,34,36,37). The van der Waals surface area contributed by atoms with Crippen molar-refractivity contribution in [3.8, 4) is 16.9 Å². The van der Waals surface area contributed by atoms with E-state index >= 15 is 0 Å². The van der Waals surface area contributed by atoms with Crippen LogP contribution < -0.4 is 20.9 Å². The van der Waals surface area contributed by atoms with Crippen molar-refractivity contribution in [1.29, 1.82) is 0 Å². The van der Waals surface area contributed by atoms with Crippen molar-refractivity contribution in [3.63, 3.8) is 0 Å². The number of rotatable bonds is 7. The van der Waals surface area contributed by atoms with Crippen LogP contribution in [0.1, 0.15) is 53.0 Å². The van der Waals surface area contributed by atoms with Crippen molar-refractivity contribution >= 4 is 34.2 Å².